The molecule has 1 aliphatic heterocycles. The monoisotopic (exact) mass is 534 g/mol. The predicted octanol–water partition coefficient (Wildman–Crippen LogP) is 3.34. The molecule has 0 saturated carbocycles. The minimum absolute atomic E-state index is 0.0153. The Kier molecular flexibility index (Phi) is 6.36. The van der Waals surface area contributed by atoms with E-state index in [2.05, 4.69) is 20.9 Å². The third-order valence-electron chi connectivity index (χ3n) is 4.90. The van der Waals surface area contributed by atoms with Crippen LogP contribution in [0, 0.1) is 0 Å². The largest absolute Gasteiger partial charge is 0.503 e. The Morgan fingerprint density at radius 2 is 2.19 bits per heavy atom. The highest BCUT2D eigenvalue weighted by molar-refractivity contribution is 9.10. The lowest BCUT2D eigenvalue weighted by molar-refractivity contribution is -0.139. The quantitative estimate of drug-likeness (QED) is 0.507. The molecule has 0 saturated heterocycles. The van der Waals surface area contributed by atoms with Gasteiger partial charge in [0.2, 0.25) is 0 Å². The second-order valence-corrected chi connectivity index (χ2v) is 9.71. The number of fused-ring (bicyclic) bond motifs is 1. The number of carbonyl (C=O) groups is 1. The van der Waals surface area contributed by atoms with Gasteiger partial charge in [-0.15, -0.1) is 11.3 Å². The molecule has 0 fully saturated rings. The molecular formula is C22H19BrN2O5S2. The molecule has 166 valence electrons. The van der Waals surface area contributed by atoms with Crippen LogP contribution in [0.25, 0.3) is 6.08 Å². The first kappa shape index (κ1) is 22.5. The lowest BCUT2D eigenvalue weighted by Crippen LogP contribution is -2.39. The highest BCUT2D eigenvalue weighted by Gasteiger charge is 2.33. The van der Waals surface area contributed by atoms with Crippen molar-refractivity contribution in [1.29, 1.82) is 0 Å². The Bertz CT molecular complexity index is 1400. The van der Waals surface area contributed by atoms with E-state index < -0.39 is 12.0 Å². The molecule has 0 bridgehead atoms. The molecule has 0 radical (unpaired) electrons. The predicted molar refractivity (Wildman–Crippen MR) is 127 cm³/mol. The smallest absolute Gasteiger partial charge is 0.338 e. The maximum atomic E-state index is 13.5. The fourth-order valence-corrected chi connectivity index (χ4v) is 5.82. The van der Waals surface area contributed by atoms with Crippen LogP contribution in [0.3, 0.4) is 0 Å². The standard InChI is InChI=1S/C22H19BrN2O5S2/c1-4-30-21(28)17-11(2)24-22-25(18(17)15-6-5-7-31-15)20(27)16(32-22)10-12-8-13(23)19(26)14(9-12)29-3/h5-10,18,26H,4H2,1-3H3. The number of carbonyl (C=O) groups excluding carboxylic acids is 1. The topological polar surface area (TPSA) is 90.1 Å². The van der Waals surface area contributed by atoms with E-state index in [4.69, 9.17) is 9.47 Å². The Labute approximate surface area is 199 Å². The van der Waals surface area contributed by atoms with Gasteiger partial charge < -0.3 is 14.6 Å². The van der Waals surface area contributed by atoms with Gasteiger partial charge in [-0.25, -0.2) is 9.79 Å². The van der Waals surface area contributed by atoms with Gasteiger partial charge in [0.1, 0.15) is 6.04 Å². The minimum atomic E-state index is -0.603. The molecule has 1 N–H and O–H groups in total. The summed E-state index contributed by atoms with van der Waals surface area (Å²) >= 11 is 6.01. The van der Waals surface area contributed by atoms with Crippen LogP contribution in [0.15, 0.2) is 55.2 Å². The Morgan fingerprint density at radius 1 is 1.41 bits per heavy atom. The molecule has 7 nitrogen and oxygen atoms in total. The van der Waals surface area contributed by atoms with Crippen molar-refractivity contribution in [2.75, 3.05) is 13.7 Å². The summed E-state index contributed by atoms with van der Waals surface area (Å²) in [6, 6.07) is 6.51. The Morgan fingerprint density at radius 3 is 2.84 bits per heavy atom. The zero-order valence-corrected chi connectivity index (χ0v) is 20.6. The Hall–Kier alpha value is -2.69. The first-order chi connectivity index (χ1) is 15.3. The van der Waals surface area contributed by atoms with Gasteiger partial charge in [0.15, 0.2) is 16.3 Å². The molecule has 3 heterocycles. The normalized spacial score (nSPS) is 16.0. The van der Waals surface area contributed by atoms with Crippen molar-refractivity contribution >= 4 is 50.6 Å². The number of aromatic hydroxyl groups is 1. The lowest BCUT2D eigenvalue weighted by Gasteiger charge is -2.23. The van der Waals surface area contributed by atoms with E-state index in [1.807, 2.05) is 17.5 Å². The molecule has 1 atom stereocenters. The summed E-state index contributed by atoms with van der Waals surface area (Å²) in [5, 5.41) is 12.0. The molecule has 0 amide bonds. The molecule has 1 aromatic carbocycles. The second-order valence-electron chi connectivity index (χ2n) is 6.87. The number of methoxy groups -OCH3 is 1. The van der Waals surface area contributed by atoms with Gasteiger partial charge in [-0.1, -0.05) is 17.4 Å². The van der Waals surface area contributed by atoms with E-state index >= 15 is 0 Å². The summed E-state index contributed by atoms with van der Waals surface area (Å²) in [4.78, 5) is 32.2. The highest BCUT2D eigenvalue weighted by atomic mass is 79.9. The van der Waals surface area contributed by atoms with Gasteiger partial charge in [-0.05, 0) is 65.0 Å². The number of rotatable bonds is 5. The summed E-state index contributed by atoms with van der Waals surface area (Å²) in [5.74, 6) is -0.206. The number of aromatic nitrogens is 1. The number of ether oxygens (including phenoxy) is 2. The van der Waals surface area contributed by atoms with Crippen molar-refractivity contribution in [2.24, 2.45) is 4.99 Å². The van der Waals surface area contributed by atoms with Crippen LogP contribution in [-0.2, 0) is 9.53 Å². The van der Waals surface area contributed by atoms with Gasteiger partial charge in [0.25, 0.3) is 5.56 Å². The van der Waals surface area contributed by atoms with Crippen LogP contribution < -0.4 is 19.6 Å². The second kappa shape index (κ2) is 9.05. The van der Waals surface area contributed by atoms with Gasteiger partial charge in [0, 0.05) is 4.88 Å². The van der Waals surface area contributed by atoms with Crippen molar-refractivity contribution < 1.29 is 19.4 Å². The molecule has 10 heteroatoms. The van der Waals surface area contributed by atoms with E-state index in [1.165, 1.54) is 29.8 Å². The fourth-order valence-electron chi connectivity index (χ4n) is 3.49. The van der Waals surface area contributed by atoms with E-state index in [-0.39, 0.29) is 23.7 Å². The number of benzene rings is 1. The first-order valence-electron chi connectivity index (χ1n) is 9.65. The van der Waals surface area contributed by atoms with E-state index in [0.717, 1.165) is 4.88 Å². The van der Waals surface area contributed by atoms with Crippen LogP contribution in [0.5, 0.6) is 11.5 Å². The average molecular weight is 535 g/mol. The van der Waals surface area contributed by atoms with Gasteiger partial charge in [-0.2, -0.15) is 0 Å². The molecule has 32 heavy (non-hydrogen) atoms. The number of halogens is 1. The number of hydrogen-bond acceptors (Lipinski definition) is 8. The fraction of sp³-hybridized carbons (Fsp3) is 0.227. The first-order valence-corrected chi connectivity index (χ1v) is 12.1. The van der Waals surface area contributed by atoms with Crippen molar-refractivity contribution in [3.8, 4) is 11.5 Å². The van der Waals surface area contributed by atoms with Crippen molar-refractivity contribution in [3.05, 3.63) is 75.5 Å². The maximum Gasteiger partial charge on any atom is 0.338 e. The molecule has 0 aliphatic carbocycles. The summed E-state index contributed by atoms with van der Waals surface area (Å²) in [6.07, 6.45) is 1.71. The van der Waals surface area contributed by atoms with Gasteiger partial charge in [0.05, 0.1) is 34.0 Å². The Balaban J connectivity index is 1.93. The van der Waals surface area contributed by atoms with E-state index in [1.54, 1.807) is 36.6 Å². The molecule has 2 aromatic heterocycles. The molecule has 0 spiro atoms. The number of hydrogen-bond donors (Lipinski definition) is 1. The third kappa shape index (κ3) is 3.94. The van der Waals surface area contributed by atoms with Gasteiger partial charge >= 0.3 is 5.97 Å². The van der Waals surface area contributed by atoms with E-state index in [9.17, 15) is 14.7 Å². The average Bonchev–Trinajstić information content (AvgIpc) is 3.38. The van der Waals surface area contributed by atoms with E-state index in [0.29, 0.717) is 30.6 Å². The van der Waals surface area contributed by atoms with Crippen molar-refractivity contribution in [1.82, 2.24) is 4.57 Å². The van der Waals surface area contributed by atoms with Crippen LogP contribution >= 0.6 is 38.6 Å². The summed E-state index contributed by atoms with van der Waals surface area (Å²) in [6.45, 7) is 3.73. The number of nitrogens with zero attached hydrogens (tertiary/aromatic N) is 2. The van der Waals surface area contributed by atoms with Crippen LogP contribution in [0.4, 0.5) is 0 Å². The number of allylic oxidation sites excluding steroid dienone is 1. The highest BCUT2D eigenvalue weighted by Crippen LogP contribution is 2.36. The zero-order chi connectivity index (χ0) is 23.0. The summed E-state index contributed by atoms with van der Waals surface area (Å²) in [5.41, 5.74) is 1.31. The molecular weight excluding hydrogens is 516 g/mol. The van der Waals surface area contributed by atoms with Crippen LogP contribution in [0.2, 0.25) is 0 Å². The molecule has 4 rings (SSSR count). The molecule has 1 aliphatic rings. The summed E-state index contributed by atoms with van der Waals surface area (Å²) in [7, 11) is 1.46. The van der Waals surface area contributed by atoms with Crippen molar-refractivity contribution in [2.45, 2.75) is 19.9 Å². The van der Waals surface area contributed by atoms with Gasteiger partial charge in [-0.3, -0.25) is 9.36 Å². The number of esters is 1. The minimum Gasteiger partial charge on any atom is -0.503 e. The number of thiophene rings is 1. The number of phenols is 1. The zero-order valence-electron chi connectivity index (χ0n) is 17.4. The SMILES string of the molecule is CCOC(=O)C1=C(C)N=c2sc(=Cc3cc(Br)c(O)c(OC)c3)c(=O)n2C1c1cccs1. The van der Waals surface area contributed by atoms with Crippen molar-refractivity contribution in [3.63, 3.8) is 0 Å². The molecule has 1 unspecified atom stereocenters. The maximum absolute atomic E-state index is 13.5. The van der Waals surface area contributed by atoms with Crippen LogP contribution in [-0.4, -0.2) is 29.4 Å². The van der Waals surface area contributed by atoms with Crippen LogP contribution in [0.1, 0.15) is 30.3 Å². The molecule has 3 aromatic rings. The summed E-state index contributed by atoms with van der Waals surface area (Å²) < 4.78 is 12.9. The number of thiazole rings is 1. The lowest BCUT2D eigenvalue weighted by atomic mass is 10.0. The third-order valence-corrected chi connectivity index (χ3v) is 7.41. The number of phenolic OH excluding ortho intramolecular Hbond substituents is 1.